The average Bonchev–Trinajstić information content (AvgIpc) is 3.07. The van der Waals surface area contributed by atoms with Gasteiger partial charge in [-0.1, -0.05) is 25.1 Å². The second kappa shape index (κ2) is 14.1. The molecule has 262 valence electrons. The lowest BCUT2D eigenvalue weighted by molar-refractivity contribution is 0.284. The average molecular weight is 742 g/mol. The number of benzene rings is 5. The lowest BCUT2D eigenvalue weighted by Gasteiger charge is -2.11. The van der Waals surface area contributed by atoms with E-state index >= 15 is 0 Å². The first kappa shape index (κ1) is 36.3. The fourth-order valence-electron chi connectivity index (χ4n) is 5.08. The maximum Gasteiger partial charge on any atom is 0.397 e. The fraction of sp³-hybridized carbons (Fsp3) is 0.188. The molecule has 0 bridgehead atoms. The molecule has 5 aromatic carbocycles. The topological polar surface area (TPSA) is 234 Å². The van der Waals surface area contributed by atoms with Crippen molar-refractivity contribution in [1.29, 1.82) is 0 Å². The lowest BCUT2D eigenvalue weighted by atomic mass is 10.1. The minimum atomic E-state index is -4.86. The fourth-order valence-corrected chi connectivity index (χ4v) is 7.78. The Kier molecular flexibility index (Phi) is 10.2. The van der Waals surface area contributed by atoms with Gasteiger partial charge in [-0.15, -0.1) is 15.3 Å². The predicted molar refractivity (Wildman–Crippen MR) is 188 cm³/mol. The highest BCUT2D eigenvalue weighted by Gasteiger charge is 2.22. The van der Waals surface area contributed by atoms with Gasteiger partial charge in [0, 0.05) is 23.2 Å². The Balaban J connectivity index is 1.50. The van der Waals surface area contributed by atoms with Crippen molar-refractivity contribution in [2.24, 2.45) is 20.5 Å². The van der Waals surface area contributed by atoms with Gasteiger partial charge >= 0.3 is 10.4 Å². The molecule has 0 spiro atoms. The summed E-state index contributed by atoms with van der Waals surface area (Å²) < 4.78 is 85.2. The van der Waals surface area contributed by atoms with E-state index in [1.54, 1.807) is 51.2 Å². The van der Waals surface area contributed by atoms with Crippen LogP contribution < -0.4 is 5.32 Å². The van der Waals surface area contributed by atoms with E-state index in [2.05, 4.69) is 30.0 Å². The SMILES string of the molecule is CCS(=O)(=O)c1ccc(N=Nc2c(NC)ccc3c(O)c(N=Nc4ccc5cccc(S(=O)(=O)CCOS(=O)(=O)O)c5c4O)ccc23)c(C)c1. The number of sulfone groups is 2. The van der Waals surface area contributed by atoms with Crippen LogP contribution in [0, 0.1) is 6.92 Å². The van der Waals surface area contributed by atoms with Gasteiger partial charge in [-0.3, -0.25) is 4.55 Å². The number of fused-ring (bicyclic) bond motifs is 2. The van der Waals surface area contributed by atoms with Gasteiger partial charge in [-0.05, 0) is 72.5 Å². The molecule has 0 aliphatic rings. The number of aromatic hydroxyl groups is 2. The smallest absolute Gasteiger partial charge is 0.397 e. The Bertz CT molecular complexity index is 2540. The van der Waals surface area contributed by atoms with E-state index in [1.165, 1.54) is 42.5 Å². The van der Waals surface area contributed by atoms with E-state index in [1.807, 2.05) is 0 Å². The Morgan fingerprint density at radius 3 is 2.04 bits per heavy atom. The lowest BCUT2D eigenvalue weighted by Crippen LogP contribution is -2.15. The minimum Gasteiger partial charge on any atom is -0.505 e. The van der Waals surface area contributed by atoms with Crippen LogP contribution in [0.1, 0.15) is 12.5 Å². The van der Waals surface area contributed by atoms with Gasteiger partial charge in [0.05, 0.1) is 39.3 Å². The number of anilines is 1. The van der Waals surface area contributed by atoms with Crippen molar-refractivity contribution in [3.05, 3.63) is 78.4 Å². The molecular weight excluding hydrogens is 711 g/mol. The molecular formula is C32H31N5O10S3. The molecule has 0 aliphatic heterocycles. The third kappa shape index (κ3) is 7.58. The van der Waals surface area contributed by atoms with Crippen molar-refractivity contribution >= 4 is 80.1 Å². The molecule has 0 atom stereocenters. The van der Waals surface area contributed by atoms with Gasteiger partial charge in [0.25, 0.3) is 0 Å². The second-order valence-electron chi connectivity index (χ2n) is 10.8. The van der Waals surface area contributed by atoms with Crippen LogP contribution in [-0.4, -0.2) is 65.2 Å². The van der Waals surface area contributed by atoms with Crippen molar-refractivity contribution in [3.8, 4) is 11.5 Å². The number of aryl methyl sites for hydroxylation is 1. The van der Waals surface area contributed by atoms with Crippen LogP contribution in [-0.2, 0) is 34.3 Å². The zero-order valence-electron chi connectivity index (χ0n) is 26.8. The highest BCUT2D eigenvalue weighted by Crippen LogP contribution is 2.44. The molecule has 0 heterocycles. The summed E-state index contributed by atoms with van der Waals surface area (Å²) in [6, 6.07) is 18.1. The van der Waals surface area contributed by atoms with Crippen molar-refractivity contribution in [2.45, 2.75) is 23.6 Å². The van der Waals surface area contributed by atoms with E-state index in [-0.39, 0.29) is 38.1 Å². The van der Waals surface area contributed by atoms with Crippen LogP contribution in [0.2, 0.25) is 0 Å². The number of phenols is 2. The minimum absolute atomic E-state index is 0.0175. The zero-order chi connectivity index (χ0) is 36.4. The van der Waals surface area contributed by atoms with Crippen LogP contribution in [0.15, 0.2) is 103 Å². The first-order valence-corrected chi connectivity index (χ1v) is 19.5. The number of nitrogens with one attached hydrogen (secondary N) is 1. The quantitative estimate of drug-likeness (QED) is 0.0752. The summed E-state index contributed by atoms with van der Waals surface area (Å²) in [5.74, 6) is -1.64. The molecule has 0 fully saturated rings. The van der Waals surface area contributed by atoms with Gasteiger partial charge in [-0.25, -0.2) is 21.0 Å². The highest BCUT2D eigenvalue weighted by atomic mass is 32.3. The molecule has 50 heavy (non-hydrogen) atoms. The van der Waals surface area contributed by atoms with Crippen LogP contribution in [0.5, 0.6) is 11.5 Å². The Morgan fingerprint density at radius 2 is 1.38 bits per heavy atom. The Labute approximate surface area is 287 Å². The molecule has 0 saturated heterocycles. The van der Waals surface area contributed by atoms with Crippen molar-refractivity contribution < 1.29 is 44.2 Å². The van der Waals surface area contributed by atoms with Crippen molar-refractivity contribution in [2.75, 3.05) is 30.5 Å². The van der Waals surface area contributed by atoms with E-state index in [4.69, 9.17) is 4.55 Å². The molecule has 0 amide bonds. The summed E-state index contributed by atoms with van der Waals surface area (Å²) >= 11 is 0. The Hall–Kier alpha value is -5.01. The van der Waals surface area contributed by atoms with Gasteiger partial charge in [-0.2, -0.15) is 13.5 Å². The molecule has 0 aromatic heterocycles. The number of hydrogen-bond donors (Lipinski definition) is 4. The third-order valence-electron chi connectivity index (χ3n) is 7.70. The zero-order valence-corrected chi connectivity index (χ0v) is 29.2. The summed E-state index contributed by atoms with van der Waals surface area (Å²) in [5.41, 5.74) is 1.93. The summed E-state index contributed by atoms with van der Waals surface area (Å²) in [6.45, 7) is 2.44. The molecule has 0 radical (unpaired) electrons. The molecule has 5 aromatic rings. The van der Waals surface area contributed by atoms with Crippen molar-refractivity contribution in [3.63, 3.8) is 0 Å². The highest BCUT2D eigenvalue weighted by molar-refractivity contribution is 7.91. The number of phenolic OH excluding ortho intramolecular Hbond substituents is 2. The largest absolute Gasteiger partial charge is 0.505 e. The monoisotopic (exact) mass is 741 g/mol. The number of rotatable bonds is 12. The van der Waals surface area contributed by atoms with E-state index in [9.17, 15) is 35.5 Å². The summed E-state index contributed by atoms with van der Waals surface area (Å²) in [4.78, 5) is -0.133. The maximum atomic E-state index is 13.0. The van der Waals surface area contributed by atoms with E-state index < -0.39 is 48.2 Å². The van der Waals surface area contributed by atoms with Crippen LogP contribution in [0.3, 0.4) is 0 Å². The molecule has 4 N–H and O–H groups in total. The van der Waals surface area contributed by atoms with Crippen LogP contribution in [0.4, 0.5) is 28.4 Å². The molecule has 0 saturated carbocycles. The first-order valence-electron chi connectivity index (χ1n) is 14.8. The van der Waals surface area contributed by atoms with Gasteiger partial charge < -0.3 is 15.5 Å². The Morgan fingerprint density at radius 1 is 0.740 bits per heavy atom. The second-order valence-corrected chi connectivity index (χ2v) is 16.3. The molecule has 5 rings (SSSR count). The molecule has 15 nitrogen and oxygen atoms in total. The van der Waals surface area contributed by atoms with E-state index in [0.29, 0.717) is 38.8 Å². The first-order chi connectivity index (χ1) is 23.6. The maximum absolute atomic E-state index is 13.0. The number of nitrogens with zero attached hydrogens (tertiary/aromatic N) is 4. The summed E-state index contributed by atoms with van der Waals surface area (Å²) in [6.07, 6.45) is 0. The van der Waals surface area contributed by atoms with Crippen LogP contribution >= 0.6 is 0 Å². The normalized spacial score (nSPS) is 12.8. The summed E-state index contributed by atoms with van der Waals surface area (Å²) in [5, 5.41) is 43.4. The number of azo groups is 2. The van der Waals surface area contributed by atoms with Gasteiger partial charge in [0.2, 0.25) is 0 Å². The van der Waals surface area contributed by atoms with Crippen LogP contribution in [0.25, 0.3) is 21.5 Å². The molecule has 0 unspecified atom stereocenters. The molecule has 0 aliphatic carbocycles. The predicted octanol–water partition coefficient (Wildman–Crippen LogP) is 6.97. The summed E-state index contributed by atoms with van der Waals surface area (Å²) in [7, 11) is -10.8. The number of hydrogen-bond acceptors (Lipinski definition) is 14. The van der Waals surface area contributed by atoms with Gasteiger partial charge in [0.15, 0.2) is 31.2 Å². The molecule has 18 heteroatoms. The van der Waals surface area contributed by atoms with E-state index in [0.717, 1.165) is 0 Å². The van der Waals surface area contributed by atoms with Gasteiger partial charge in [0.1, 0.15) is 17.1 Å². The third-order valence-corrected chi connectivity index (χ3v) is 11.6. The van der Waals surface area contributed by atoms with Crippen molar-refractivity contribution in [1.82, 2.24) is 0 Å². The standard InChI is InChI=1S/C32H31N5O10S3/c1-4-48(40,41)21-9-13-24(19(2)18-21)34-37-30-22-10-15-26(31(38)23(22)11-14-25(30)33-3)35-36-27-12-8-20-6-5-7-28(29(20)32(27)39)49(42,43)17-16-47-50(44,45)46/h5-15,18,33,38-39H,4,16-17H2,1-3H3,(H,44,45,46).